The van der Waals surface area contributed by atoms with Crippen LogP contribution in [0.1, 0.15) is 24.0 Å². The predicted octanol–water partition coefficient (Wildman–Crippen LogP) is 2.10. The van der Waals surface area contributed by atoms with Crippen molar-refractivity contribution in [2.45, 2.75) is 25.1 Å². The summed E-state index contributed by atoms with van der Waals surface area (Å²) in [6.07, 6.45) is -0.00713. The molecule has 0 aliphatic carbocycles. The van der Waals surface area contributed by atoms with Crippen LogP contribution < -0.4 is 10.6 Å². The Morgan fingerprint density at radius 1 is 1.12 bits per heavy atom. The molecule has 6 nitrogen and oxygen atoms in total. The maximum Gasteiger partial charge on any atom is 0.269 e. The zero-order valence-corrected chi connectivity index (χ0v) is 14.1. The van der Waals surface area contributed by atoms with Crippen LogP contribution in [0.15, 0.2) is 59.6 Å². The van der Waals surface area contributed by atoms with E-state index in [1.165, 1.54) is 0 Å². The maximum atomic E-state index is 12.6. The van der Waals surface area contributed by atoms with E-state index in [4.69, 9.17) is 4.74 Å². The van der Waals surface area contributed by atoms with E-state index < -0.39 is 12.3 Å². The highest BCUT2D eigenvalue weighted by molar-refractivity contribution is 6.19. The minimum Gasteiger partial charge on any atom is -0.368 e. The Morgan fingerprint density at radius 3 is 2.65 bits per heavy atom. The number of rotatable bonds is 3. The summed E-state index contributed by atoms with van der Waals surface area (Å²) < 4.78 is 5.40. The molecule has 0 aromatic heterocycles. The highest BCUT2D eigenvalue weighted by atomic mass is 16.5. The first-order valence-corrected chi connectivity index (χ1v) is 8.68. The van der Waals surface area contributed by atoms with Gasteiger partial charge < -0.3 is 15.4 Å². The quantitative estimate of drug-likeness (QED) is 0.890. The van der Waals surface area contributed by atoms with Gasteiger partial charge >= 0.3 is 0 Å². The first kappa shape index (κ1) is 16.5. The van der Waals surface area contributed by atoms with Crippen LogP contribution >= 0.6 is 0 Å². The fraction of sp³-hybridized carbons (Fsp3) is 0.250. The first-order chi connectivity index (χ1) is 12.7. The molecular formula is C20H19N3O3. The molecule has 2 aromatic rings. The van der Waals surface area contributed by atoms with E-state index in [1.54, 1.807) is 0 Å². The van der Waals surface area contributed by atoms with Crippen molar-refractivity contribution >= 4 is 23.2 Å². The Labute approximate surface area is 151 Å². The van der Waals surface area contributed by atoms with Crippen molar-refractivity contribution in [3.63, 3.8) is 0 Å². The highest BCUT2D eigenvalue weighted by Gasteiger charge is 2.30. The fourth-order valence-electron chi connectivity index (χ4n) is 3.19. The molecule has 2 aliphatic heterocycles. The van der Waals surface area contributed by atoms with Gasteiger partial charge in [0, 0.05) is 17.7 Å². The lowest BCUT2D eigenvalue weighted by Gasteiger charge is -2.16. The second kappa shape index (κ2) is 7.09. The van der Waals surface area contributed by atoms with Gasteiger partial charge in [0.2, 0.25) is 6.17 Å². The van der Waals surface area contributed by atoms with Crippen LogP contribution in [0.2, 0.25) is 0 Å². The molecule has 2 atom stereocenters. The van der Waals surface area contributed by atoms with Crippen molar-refractivity contribution in [1.29, 1.82) is 0 Å². The summed E-state index contributed by atoms with van der Waals surface area (Å²) in [6.45, 7) is 0.568. The number of amides is 2. The average molecular weight is 349 g/mol. The van der Waals surface area contributed by atoms with Crippen molar-refractivity contribution in [3.05, 3.63) is 65.7 Å². The van der Waals surface area contributed by atoms with Gasteiger partial charge in [0.05, 0.1) is 11.4 Å². The minimum atomic E-state index is -1.01. The number of ether oxygens (including phenoxy) is 1. The van der Waals surface area contributed by atoms with Crippen LogP contribution in [0.3, 0.4) is 0 Å². The lowest BCUT2D eigenvalue weighted by atomic mass is 10.0. The third kappa shape index (κ3) is 3.23. The van der Waals surface area contributed by atoms with Crippen molar-refractivity contribution in [1.82, 2.24) is 5.32 Å². The second-order valence-electron chi connectivity index (χ2n) is 6.29. The third-order valence-corrected chi connectivity index (χ3v) is 4.49. The summed E-state index contributed by atoms with van der Waals surface area (Å²) >= 11 is 0. The van der Waals surface area contributed by atoms with E-state index in [9.17, 15) is 9.59 Å². The van der Waals surface area contributed by atoms with Crippen LogP contribution in [-0.2, 0) is 14.3 Å². The number of nitrogens with one attached hydrogen (secondary N) is 2. The Balaban J connectivity index is 1.71. The van der Waals surface area contributed by atoms with Crippen molar-refractivity contribution in [2.75, 3.05) is 11.9 Å². The summed E-state index contributed by atoms with van der Waals surface area (Å²) in [5.41, 5.74) is 3.04. The number of fused-ring (bicyclic) bond motifs is 1. The van der Waals surface area contributed by atoms with Gasteiger partial charge in [-0.15, -0.1) is 0 Å². The van der Waals surface area contributed by atoms with E-state index in [2.05, 4.69) is 15.6 Å². The lowest BCUT2D eigenvalue weighted by molar-refractivity contribution is -0.133. The highest BCUT2D eigenvalue weighted by Crippen LogP contribution is 2.24. The number of anilines is 1. The van der Waals surface area contributed by atoms with Crippen LogP contribution in [0.4, 0.5) is 5.69 Å². The maximum absolute atomic E-state index is 12.6. The van der Waals surface area contributed by atoms with Gasteiger partial charge in [-0.2, -0.15) is 0 Å². The molecule has 2 aromatic carbocycles. The summed E-state index contributed by atoms with van der Waals surface area (Å²) in [4.78, 5) is 29.6. The number of carbonyl (C=O) groups is 2. The van der Waals surface area contributed by atoms with Crippen molar-refractivity contribution in [2.24, 2.45) is 4.99 Å². The smallest absolute Gasteiger partial charge is 0.269 e. The molecule has 2 N–H and O–H groups in total. The van der Waals surface area contributed by atoms with Crippen LogP contribution in [0.5, 0.6) is 0 Å². The molecule has 132 valence electrons. The second-order valence-corrected chi connectivity index (χ2v) is 6.29. The largest absolute Gasteiger partial charge is 0.368 e. The number of hydrogen-bond donors (Lipinski definition) is 2. The van der Waals surface area contributed by atoms with E-state index in [1.807, 2.05) is 54.6 Å². The van der Waals surface area contributed by atoms with Crippen molar-refractivity contribution < 1.29 is 14.3 Å². The van der Waals surface area contributed by atoms with Gasteiger partial charge in [-0.25, -0.2) is 4.99 Å². The van der Waals surface area contributed by atoms with Crippen molar-refractivity contribution in [3.8, 4) is 0 Å². The van der Waals surface area contributed by atoms with Gasteiger partial charge in [0.25, 0.3) is 11.8 Å². The summed E-state index contributed by atoms with van der Waals surface area (Å²) in [5, 5.41) is 5.58. The zero-order chi connectivity index (χ0) is 17.9. The Bertz CT molecular complexity index is 858. The molecule has 0 radical (unpaired) electrons. The van der Waals surface area contributed by atoms with Crippen LogP contribution in [0, 0.1) is 0 Å². The molecule has 26 heavy (non-hydrogen) atoms. The molecule has 0 spiro atoms. The Morgan fingerprint density at radius 2 is 1.88 bits per heavy atom. The molecule has 0 bridgehead atoms. The van der Waals surface area contributed by atoms with E-state index in [0.29, 0.717) is 24.4 Å². The van der Waals surface area contributed by atoms with Gasteiger partial charge in [-0.1, -0.05) is 48.5 Å². The summed E-state index contributed by atoms with van der Waals surface area (Å²) in [5.74, 6) is -0.667. The van der Waals surface area contributed by atoms with Crippen LogP contribution in [-0.4, -0.2) is 36.4 Å². The normalized spacial score (nSPS) is 22.0. The van der Waals surface area contributed by atoms with Gasteiger partial charge in [-0.3, -0.25) is 9.59 Å². The van der Waals surface area contributed by atoms with Crippen LogP contribution in [0.25, 0.3) is 0 Å². The monoisotopic (exact) mass is 349 g/mol. The van der Waals surface area contributed by atoms with Gasteiger partial charge in [0.1, 0.15) is 6.10 Å². The number of hydrogen-bond acceptors (Lipinski definition) is 4. The molecule has 2 amide bonds. The molecule has 2 unspecified atom stereocenters. The number of aliphatic imine (C=N–C) groups is 1. The SMILES string of the molecule is O=C1Nc2ccccc2C(c2ccccc2)=NC1NC(=O)C1CCCO1. The Kier molecular flexibility index (Phi) is 4.50. The lowest BCUT2D eigenvalue weighted by Crippen LogP contribution is -2.46. The predicted molar refractivity (Wildman–Crippen MR) is 98.1 cm³/mol. The molecular weight excluding hydrogens is 330 g/mol. The van der Waals surface area contributed by atoms with E-state index in [0.717, 1.165) is 17.5 Å². The molecule has 0 saturated carbocycles. The molecule has 4 rings (SSSR count). The van der Waals surface area contributed by atoms with E-state index in [-0.39, 0.29) is 11.8 Å². The number of nitrogens with zero attached hydrogens (tertiary/aromatic N) is 1. The minimum absolute atomic E-state index is 0.301. The average Bonchev–Trinajstić information content (AvgIpc) is 3.17. The molecule has 6 heteroatoms. The first-order valence-electron chi connectivity index (χ1n) is 8.68. The fourth-order valence-corrected chi connectivity index (χ4v) is 3.19. The summed E-state index contributed by atoms with van der Waals surface area (Å²) in [7, 11) is 0. The van der Waals surface area contributed by atoms with Gasteiger partial charge in [-0.05, 0) is 18.9 Å². The summed E-state index contributed by atoms with van der Waals surface area (Å²) in [6, 6.07) is 17.1. The third-order valence-electron chi connectivity index (χ3n) is 4.49. The van der Waals surface area contributed by atoms with E-state index >= 15 is 0 Å². The molecule has 1 fully saturated rings. The molecule has 2 heterocycles. The number of carbonyl (C=O) groups excluding carboxylic acids is 2. The standard InChI is InChI=1S/C20H19N3O3/c24-19(16-11-6-12-26-16)23-18-20(25)21-15-10-5-4-9-14(15)17(22-18)13-7-2-1-3-8-13/h1-5,7-10,16,18H,6,11-12H2,(H,21,25)(H,23,24). The number of para-hydroxylation sites is 1. The Hall–Kier alpha value is -2.99. The van der Waals surface area contributed by atoms with Gasteiger partial charge in [0.15, 0.2) is 0 Å². The molecule has 1 saturated heterocycles. The topological polar surface area (TPSA) is 79.8 Å². The number of benzodiazepines with no additional fused rings is 1. The number of benzene rings is 2. The zero-order valence-electron chi connectivity index (χ0n) is 14.1. The molecule has 2 aliphatic rings.